The number of carbonyl (C=O) groups excluding carboxylic acids is 1. The molecule has 0 radical (unpaired) electrons. The van der Waals surface area contributed by atoms with Gasteiger partial charge in [-0.2, -0.15) is 0 Å². The second-order valence-corrected chi connectivity index (χ2v) is 7.82. The van der Waals surface area contributed by atoms with Crippen LogP contribution in [0.1, 0.15) is 56.9 Å². The van der Waals surface area contributed by atoms with Gasteiger partial charge in [0.1, 0.15) is 5.37 Å². The Balaban J connectivity index is 1.77. The molecule has 0 N–H and O–H groups in total. The van der Waals surface area contributed by atoms with Gasteiger partial charge in [-0.05, 0) is 32.3 Å². The highest BCUT2D eigenvalue weighted by Crippen LogP contribution is 2.45. The molecule has 3 unspecified atom stereocenters. The lowest BCUT2D eigenvalue weighted by Crippen LogP contribution is -2.38. The van der Waals surface area contributed by atoms with Gasteiger partial charge in [-0.3, -0.25) is 9.78 Å². The number of rotatable bonds is 4. The van der Waals surface area contributed by atoms with Crippen LogP contribution < -0.4 is 0 Å². The van der Waals surface area contributed by atoms with E-state index in [1.165, 1.54) is 25.7 Å². The molecular formula is C17H24N2OS. The summed E-state index contributed by atoms with van der Waals surface area (Å²) >= 11 is 1.76. The smallest absolute Gasteiger partial charge is 0.236 e. The first-order chi connectivity index (χ1) is 10.2. The Kier molecular flexibility index (Phi) is 4.53. The summed E-state index contributed by atoms with van der Waals surface area (Å²) in [5.41, 5.74) is 1.15. The van der Waals surface area contributed by atoms with E-state index in [0.717, 1.165) is 17.9 Å². The molecule has 0 spiro atoms. The summed E-state index contributed by atoms with van der Waals surface area (Å²) in [5.74, 6) is 1.10. The highest BCUT2D eigenvalue weighted by Gasteiger charge is 2.41. The Labute approximate surface area is 131 Å². The molecule has 21 heavy (non-hydrogen) atoms. The third-order valence-electron chi connectivity index (χ3n) is 4.78. The fraction of sp³-hybridized carbons (Fsp3) is 0.647. The number of pyridine rings is 1. The van der Waals surface area contributed by atoms with E-state index in [-0.39, 0.29) is 10.6 Å². The maximum atomic E-state index is 12.6. The maximum absolute atomic E-state index is 12.6. The first kappa shape index (κ1) is 14.9. The molecule has 3 nitrogen and oxygen atoms in total. The van der Waals surface area contributed by atoms with Crippen molar-refractivity contribution in [3.8, 4) is 0 Å². The second kappa shape index (κ2) is 6.39. The van der Waals surface area contributed by atoms with Crippen molar-refractivity contribution in [1.82, 2.24) is 9.88 Å². The SMILES string of the molecule is CC1SC(c2cccnc2)N(C(C)CC2CCCC2)C1=O. The minimum absolute atomic E-state index is 0.0567. The summed E-state index contributed by atoms with van der Waals surface area (Å²) in [6.45, 7) is 4.25. The summed E-state index contributed by atoms with van der Waals surface area (Å²) in [5, 5.41) is 0.193. The average Bonchev–Trinajstić information content (AvgIpc) is 3.09. The number of nitrogens with zero attached hydrogens (tertiary/aromatic N) is 2. The largest absolute Gasteiger partial charge is 0.323 e. The van der Waals surface area contributed by atoms with Crippen LogP contribution in [0.5, 0.6) is 0 Å². The zero-order valence-corrected chi connectivity index (χ0v) is 13.7. The Morgan fingerprint density at radius 3 is 2.86 bits per heavy atom. The van der Waals surface area contributed by atoms with Gasteiger partial charge in [0.25, 0.3) is 0 Å². The molecule has 0 bridgehead atoms. The normalized spacial score (nSPS) is 28.3. The zero-order valence-electron chi connectivity index (χ0n) is 12.9. The molecule has 2 heterocycles. The minimum atomic E-state index is 0.0567. The minimum Gasteiger partial charge on any atom is -0.323 e. The van der Waals surface area contributed by atoms with Crippen molar-refractivity contribution < 1.29 is 4.79 Å². The lowest BCUT2D eigenvalue weighted by atomic mass is 9.98. The summed E-state index contributed by atoms with van der Waals surface area (Å²) in [4.78, 5) is 18.9. The van der Waals surface area contributed by atoms with Crippen LogP contribution in [0.15, 0.2) is 24.5 Å². The molecule has 2 fully saturated rings. The lowest BCUT2D eigenvalue weighted by Gasteiger charge is -2.32. The first-order valence-electron chi connectivity index (χ1n) is 8.04. The van der Waals surface area contributed by atoms with Crippen molar-refractivity contribution in [3.63, 3.8) is 0 Å². The van der Waals surface area contributed by atoms with Gasteiger partial charge >= 0.3 is 0 Å². The first-order valence-corrected chi connectivity index (χ1v) is 8.98. The third kappa shape index (κ3) is 3.10. The van der Waals surface area contributed by atoms with E-state index in [0.29, 0.717) is 11.9 Å². The number of carbonyl (C=O) groups is 1. The molecule has 1 aliphatic carbocycles. The quantitative estimate of drug-likeness (QED) is 0.842. The number of thioether (sulfide) groups is 1. The molecule has 4 heteroatoms. The van der Waals surface area contributed by atoms with Gasteiger partial charge in [0, 0.05) is 24.0 Å². The van der Waals surface area contributed by atoms with Gasteiger partial charge in [-0.15, -0.1) is 11.8 Å². The number of aromatic nitrogens is 1. The molecule has 1 aromatic rings. The molecule has 1 saturated heterocycles. The summed E-state index contributed by atoms with van der Waals surface area (Å²) in [6.07, 6.45) is 10.2. The molecule has 1 aromatic heterocycles. The topological polar surface area (TPSA) is 33.2 Å². The van der Waals surface area contributed by atoms with E-state index >= 15 is 0 Å². The highest BCUT2D eigenvalue weighted by molar-refractivity contribution is 8.01. The van der Waals surface area contributed by atoms with Crippen LogP contribution in [0, 0.1) is 5.92 Å². The van der Waals surface area contributed by atoms with E-state index in [4.69, 9.17) is 0 Å². The second-order valence-electron chi connectivity index (χ2n) is 6.40. The Hall–Kier alpha value is -1.03. The molecule has 1 saturated carbocycles. The van der Waals surface area contributed by atoms with Crippen LogP contribution in [0.4, 0.5) is 0 Å². The van der Waals surface area contributed by atoms with Crippen LogP contribution in [-0.2, 0) is 4.79 Å². The van der Waals surface area contributed by atoms with Crippen molar-refractivity contribution in [3.05, 3.63) is 30.1 Å². The third-order valence-corrected chi connectivity index (χ3v) is 6.15. The van der Waals surface area contributed by atoms with Crippen molar-refractivity contribution >= 4 is 17.7 Å². The van der Waals surface area contributed by atoms with Gasteiger partial charge in [0.05, 0.1) is 5.25 Å². The van der Waals surface area contributed by atoms with Crippen molar-refractivity contribution in [2.75, 3.05) is 0 Å². The monoisotopic (exact) mass is 304 g/mol. The summed E-state index contributed by atoms with van der Waals surface area (Å²) in [7, 11) is 0. The number of hydrogen-bond donors (Lipinski definition) is 0. The van der Waals surface area contributed by atoms with Crippen LogP contribution >= 0.6 is 11.8 Å². The molecule has 114 valence electrons. The fourth-order valence-corrected chi connectivity index (χ4v) is 5.06. The number of amides is 1. The Morgan fingerprint density at radius 2 is 2.19 bits per heavy atom. The standard InChI is InChI=1S/C17H24N2OS/c1-12(10-14-6-3-4-7-14)19-16(20)13(2)21-17(19)15-8-5-9-18-11-15/h5,8-9,11-14,17H,3-4,6-7,10H2,1-2H3. The van der Waals surface area contributed by atoms with Gasteiger partial charge in [-0.1, -0.05) is 31.7 Å². The molecule has 3 atom stereocenters. The van der Waals surface area contributed by atoms with E-state index in [1.54, 1.807) is 18.0 Å². The highest BCUT2D eigenvalue weighted by atomic mass is 32.2. The lowest BCUT2D eigenvalue weighted by molar-refractivity contribution is -0.132. The van der Waals surface area contributed by atoms with E-state index in [1.807, 2.05) is 19.2 Å². The number of hydrogen-bond acceptors (Lipinski definition) is 3. The van der Waals surface area contributed by atoms with E-state index in [9.17, 15) is 4.79 Å². The molecule has 1 aliphatic heterocycles. The Morgan fingerprint density at radius 1 is 1.43 bits per heavy atom. The van der Waals surface area contributed by atoms with Gasteiger partial charge in [0.15, 0.2) is 0 Å². The van der Waals surface area contributed by atoms with E-state index < -0.39 is 0 Å². The predicted octanol–water partition coefficient (Wildman–Crippen LogP) is 4.01. The van der Waals surface area contributed by atoms with Crippen molar-refractivity contribution in [1.29, 1.82) is 0 Å². The van der Waals surface area contributed by atoms with Crippen LogP contribution in [0.3, 0.4) is 0 Å². The van der Waals surface area contributed by atoms with E-state index in [2.05, 4.69) is 22.9 Å². The molecule has 0 aromatic carbocycles. The summed E-state index contributed by atoms with van der Waals surface area (Å²) in [6, 6.07) is 4.37. The van der Waals surface area contributed by atoms with Crippen molar-refractivity contribution in [2.45, 2.75) is 62.6 Å². The Bertz CT molecular complexity index is 487. The molecular weight excluding hydrogens is 280 g/mol. The zero-order chi connectivity index (χ0) is 14.8. The summed E-state index contributed by atoms with van der Waals surface area (Å²) < 4.78 is 0. The maximum Gasteiger partial charge on any atom is 0.236 e. The van der Waals surface area contributed by atoms with Gasteiger partial charge < -0.3 is 4.90 Å². The molecule has 2 aliphatic rings. The predicted molar refractivity (Wildman–Crippen MR) is 86.9 cm³/mol. The average molecular weight is 304 g/mol. The van der Waals surface area contributed by atoms with Crippen LogP contribution in [0.25, 0.3) is 0 Å². The van der Waals surface area contributed by atoms with Crippen LogP contribution in [0.2, 0.25) is 0 Å². The fourth-order valence-electron chi connectivity index (χ4n) is 3.69. The molecule has 1 amide bonds. The van der Waals surface area contributed by atoms with Crippen molar-refractivity contribution in [2.24, 2.45) is 5.92 Å². The molecule has 3 rings (SSSR count). The van der Waals surface area contributed by atoms with Crippen LogP contribution in [-0.4, -0.2) is 27.1 Å². The van der Waals surface area contributed by atoms with Gasteiger partial charge in [-0.25, -0.2) is 0 Å². The van der Waals surface area contributed by atoms with Gasteiger partial charge in [0.2, 0.25) is 5.91 Å².